The van der Waals surface area contributed by atoms with Crippen molar-refractivity contribution in [1.82, 2.24) is 9.88 Å². The number of hydrogen-bond acceptors (Lipinski definition) is 4. The monoisotopic (exact) mass is 430 g/mol. The third-order valence-electron chi connectivity index (χ3n) is 4.85. The number of aliphatic hydroxyl groups is 1. The van der Waals surface area contributed by atoms with Crippen molar-refractivity contribution in [3.63, 3.8) is 0 Å². The Morgan fingerprint density at radius 2 is 2.04 bits per heavy atom. The Bertz CT molecular complexity index is 1070. The van der Waals surface area contributed by atoms with E-state index in [1.54, 1.807) is 37.3 Å². The number of nitrogens with zero attached hydrogens (tertiary/aromatic N) is 2. The summed E-state index contributed by atoms with van der Waals surface area (Å²) in [5.41, 5.74) is 2.10. The number of fused-ring (bicyclic) bond motifs is 2. The molecule has 7 heteroatoms. The summed E-state index contributed by atoms with van der Waals surface area (Å²) >= 11 is 3.48. The molecule has 0 fully saturated rings. The largest absolute Gasteiger partial charge is 0.495 e. The first-order valence-corrected chi connectivity index (χ1v) is 9.15. The van der Waals surface area contributed by atoms with Gasteiger partial charge in [0, 0.05) is 16.5 Å². The predicted octanol–water partition coefficient (Wildman–Crippen LogP) is 4.35. The smallest absolute Gasteiger partial charge is 0.257 e. The van der Waals surface area contributed by atoms with Crippen molar-refractivity contribution in [2.75, 3.05) is 7.11 Å². The van der Waals surface area contributed by atoms with E-state index >= 15 is 0 Å². The number of carbonyl (C=O) groups is 1. The average molecular weight is 431 g/mol. The van der Waals surface area contributed by atoms with Crippen LogP contribution < -0.4 is 4.74 Å². The van der Waals surface area contributed by atoms with Gasteiger partial charge in [-0.2, -0.15) is 0 Å². The van der Waals surface area contributed by atoms with Gasteiger partial charge in [-0.3, -0.25) is 4.79 Å². The number of hydrogen-bond donors (Lipinski definition) is 1. The lowest BCUT2D eigenvalue weighted by atomic mass is 10.1. The lowest BCUT2D eigenvalue weighted by molar-refractivity contribution is -0.00123. The van der Waals surface area contributed by atoms with Crippen molar-refractivity contribution in [3.8, 4) is 5.75 Å². The third-order valence-corrected chi connectivity index (χ3v) is 5.62. The maximum Gasteiger partial charge on any atom is 0.257 e. The molecule has 0 saturated heterocycles. The molecule has 27 heavy (non-hydrogen) atoms. The summed E-state index contributed by atoms with van der Waals surface area (Å²) in [6.45, 7) is 1.79. The summed E-state index contributed by atoms with van der Waals surface area (Å²) in [5, 5.41) is 11.2. The SMILES string of the molecule is COc1c(Br)c(C(C)N2C(=O)c3ccccc3C2O)nc2ccc(F)cc12. The Morgan fingerprint density at radius 1 is 1.30 bits per heavy atom. The van der Waals surface area contributed by atoms with E-state index in [0.29, 0.717) is 37.9 Å². The molecule has 2 unspecified atom stereocenters. The summed E-state index contributed by atoms with van der Waals surface area (Å²) in [5.74, 6) is -0.228. The number of ether oxygens (including phenoxy) is 1. The molecule has 0 bridgehead atoms. The van der Waals surface area contributed by atoms with Crippen molar-refractivity contribution in [1.29, 1.82) is 0 Å². The van der Waals surface area contributed by atoms with Gasteiger partial charge >= 0.3 is 0 Å². The molecule has 0 spiro atoms. The summed E-state index contributed by atoms with van der Waals surface area (Å²) in [7, 11) is 1.49. The van der Waals surface area contributed by atoms with E-state index in [2.05, 4.69) is 20.9 Å². The number of rotatable bonds is 3. The Labute approximate surface area is 163 Å². The fourth-order valence-corrected chi connectivity index (χ4v) is 4.31. The molecule has 2 aromatic carbocycles. The van der Waals surface area contributed by atoms with Crippen LogP contribution in [0, 0.1) is 5.82 Å². The van der Waals surface area contributed by atoms with Gasteiger partial charge in [-0.15, -0.1) is 0 Å². The van der Waals surface area contributed by atoms with E-state index in [0.717, 1.165) is 0 Å². The topological polar surface area (TPSA) is 62.7 Å². The second kappa shape index (κ2) is 6.58. The van der Waals surface area contributed by atoms with Crippen LogP contribution in [-0.2, 0) is 0 Å². The number of aliphatic hydroxyl groups excluding tert-OH is 1. The standard InChI is InChI=1S/C20H16BrFN2O3/c1-10(24-19(25)12-5-3-4-6-13(12)20(24)26)17-16(21)18(27-2)14-9-11(22)7-8-15(14)23-17/h3-10,19,25H,1-2H3. The quantitative estimate of drug-likeness (QED) is 0.670. The molecule has 1 aliphatic rings. The Hall–Kier alpha value is -2.51. The molecule has 0 radical (unpaired) electrons. The van der Waals surface area contributed by atoms with Crippen LogP contribution in [0.15, 0.2) is 46.9 Å². The van der Waals surface area contributed by atoms with Gasteiger partial charge in [0.05, 0.1) is 28.8 Å². The fourth-order valence-electron chi connectivity index (χ4n) is 3.51. The first-order chi connectivity index (χ1) is 12.9. The summed E-state index contributed by atoms with van der Waals surface area (Å²) in [6.07, 6.45) is -1.06. The minimum atomic E-state index is -1.06. The lowest BCUT2D eigenvalue weighted by Gasteiger charge is -2.29. The lowest BCUT2D eigenvalue weighted by Crippen LogP contribution is -2.31. The molecule has 3 aromatic rings. The molecule has 2 heterocycles. The van der Waals surface area contributed by atoms with E-state index in [1.807, 2.05) is 0 Å². The second-order valence-electron chi connectivity index (χ2n) is 6.36. The third kappa shape index (κ3) is 2.69. The van der Waals surface area contributed by atoms with E-state index in [-0.39, 0.29) is 5.91 Å². The van der Waals surface area contributed by atoms with Crippen molar-refractivity contribution in [2.45, 2.75) is 19.2 Å². The van der Waals surface area contributed by atoms with E-state index in [1.165, 1.54) is 24.1 Å². The Morgan fingerprint density at radius 3 is 2.74 bits per heavy atom. The number of amides is 1. The Balaban J connectivity index is 1.84. The number of methoxy groups -OCH3 is 1. The average Bonchev–Trinajstić information content (AvgIpc) is 2.92. The molecule has 4 rings (SSSR count). The van der Waals surface area contributed by atoms with Crippen LogP contribution in [0.3, 0.4) is 0 Å². The first kappa shape index (κ1) is 17.9. The molecule has 1 N–H and O–H groups in total. The molecule has 5 nitrogen and oxygen atoms in total. The highest BCUT2D eigenvalue weighted by Gasteiger charge is 2.40. The molecular formula is C20H16BrFN2O3. The van der Waals surface area contributed by atoms with Gasteiger partial charge in [-0.25, -0.2) is 9.37 Å². The van der Waals surface area contributed by atoms with Gasteiger partial charge in [0.1, 0.15) is 11.6 Å². The number of benzene rings is 2. The summed E-state index contributed by atoms with van der Waals surface area (Å²) in [4.78, 5) is 18.8. The van der Waals surface area contributed by atoms with E-state index in [4.69, 9.17) is 4.74 Å². The molecule has 1 amide bonds. The van der Waals surface area contributed by atoms with Crippen LogP contribution in [0.1, 0.15) is 40.8 Å². The van der Waals surface area contributed by atoms with E-state index < -0.39 is 18.1 Å². The normalized spacial score (nSPS) is 17.3. The van der Waals surface area contributed by atoms with Crippen LogP contribution in [0.5, 0.6) is 5.75 Å². The molecule has 0 saturated carbocycles. The molecule has 2 atom stereocenters. The molecule has 138 valence electrons. The minimum absolute atomic E-state index is 0.266. The number of halogens is 2. The van der Waals surface area contributed by atoms with Gasteiger partial charge in [0.25, 0.3) is 5.91 Å². The number of pyridine rings is 1. The molecule has 0 aliphatic carbocycles. The first-order valence-electron chi connectivity index (χ1n) is 8.36. The maximum atomic E-state index is 13.7. The highest BCUT2D eigenvalue weighted by atomic mass is 79.9. The minimum Gasteiger partial charge on any atom is -0.495 e. The van der Waals surface area contributed by atoms with Gasteiger partial charge in [-0.1, -0.05) is 18.2 Å². The fraction of sp³-hybridized carbons (Fsp3) is 0.200. The van der Waals surface area contributed by atoms with Crippen LogP contribution in [-0.4, -0.2) is 28.0 Å². The summed E-state index contributed by atoms with van der Waals surface area (Å²) < 4.78 is 19.6. The van der Waals surface area contributed by atoms with Crippen molar-refractivity contribution < 1.29 is 19.0 Å². The predicted molar refractivity (Wildman–Crippen MR) is 102 cm³/mol. The molecule has 1 aliphatic heterocycles. The maximum absolute atomic E-state index is 13.7. The van der Waals surface area contributed by atoms with Gasteiger partial charge in [0.15, 0.2) is 6.23 Å². The second-order valence-corrected chi connectivity index (χ2v) is 7.15. The molecule has 1 aromatic heterocycles. The van der Waals surface area contributed by atoms with Gasteiger partial charge < -0.3 is 14.7 Å². The zero-order valence-corrected chi connectivity index (χ0v) is 16.2. The van der Waals surface area contributed by atoms with Crippen LogP contribution >= 0.6 is 15.9 Å². The van der Waals surface area contributed by atoms with Crippen molar-refractivity contribution in [2.24, 2.45) is 0 Å². The zero-order chi connectivity index (χ0) is 19.3. The highest BCUT2D eigenvalue weighted by Crippen LogP contribution is 2.43. The Kier molecular flexibility index (Phi) is 4.36. The van der Waals surface area contributed by atoms with Crippen molar-refractivity contribution >= 4 is 32.7 Å². The zero-order valence-electron chi connectivity index (χ0n) is 14.6. The summed E-state index contributed by atoms with van der Waals surface area (Å²) in [6, 6.07) is 10.7. The number of aromatic nitrogens is 1. The van der Waals surface area contributed by atoms with Crippen LogP contribution in [0.25, 0.3) is 10.9 Å². The van der Waals surface area contributed by atoms with Crippen LogP contribution in [0.2, 0.25) is 0 Å². The van der Waals surface area contributed by atoms with Gasteiger partial charge in [-0.05, 0) is 47.1 Å². The van der Waals surface area contributed by atoms with E-state index in [9.17, 15) is 14.3 Å². The van der Waals surface area contributed by atoms with Gasteiger partial charge in [0.2, 0.25) is 0 Å². The van der Waals surface area contributed by atoms with Crippen molar-refractivity contribution in [3.05, 3.63) is 69.6 Å². The molecular weight excluding hydrogens is 415 g/mol. The van der Waals surface area contributed by atoms with Crippen LogP contribution in [0.4, 0.5) is 4.39 Å². The highest BCUT2D eigenvalue weighted by molar-refractivity contribution is 9.10. The number of carbonyl (C=O) groups excluding carboxylic acids is 1.